The first-order valence-corrected chi connectivity index (χ1v) is 6.61. The van der Waals surface area contributed by atoms with Gasteiger partial charge in [0.05, 0.1) is 6.10 Å². The Morgan fingerprint density at radius 2 is 1.67 bits per heavy atom. The van der Waals surface area contributed by atoms with Crippen LogP contribution in [0.5, 0.6) is 0 Å². The van der Waals surface area contributed by atoms with Gasteiger partial charge in [0.2, 0.25) is 0 Å². The SMILES string of the molecule is CCC(O)CC1CCC(C(C)(C)C)CC1. The fourth-order valence-corrected chi connectivity index (χ4v) is 2.82. The summed E-state index contributed by atoms with van der Waals surface area (Å²) in [4.78, 5) is 0. The van der Waals surface area contributed by atoms with Crippen molar-refractivity contribution in [3.8, 4) is 0 Å². The van der Waals surface area contributed by atoms with Gasteiger partial charge >= 0.3 is 0 Å². The van der Waals surface area contributed by atoms with E-state index < -0.39 is 0 Å². The van der Waals surface area contributed by atoms with Crippen LogP contribution in [0.3, 0.4) is 0 Å². The molecule has 1 aliphatic carbocycles. The molecule has 1 N–H and O–H groups in total. The van der Waals surface area contributed by atoms with Crippen LogP contribution in [0.1, 0.15) is 66.2 Å². The molecule has 1 heteroatoms. The molecule has 1 atom stereocenters. The van der Waals surface area contributed by atoms with Gasteiger partial charge in [-0.15, -0.1) is 0 Å². The first-order chi connectivity index (χ1) is 6.93. The Morgan fingerprint density at radius 1 is 1.13 bits per heavy atom. The molecule has 1 nitrogen and oxygen atoms in total. The van der Waals surface area contributed by atoms with Crippen molar-refractivity contribution in [3.63, 3.8) is 0 Å². The number of aliphatic hydroxyl groups is 1. The number of aliphatic hydroxyl groups excluding tert-OH is 1. The van der Waals surface area contributed by atoms with Crippen LogP contribution in [0.25, 0.3) is 0 Å². The highest BCUT2D eigenvalue weighted by molar-refractivity contribution is 4.81. The van der Waals surface area contributed by atoms with Crippen molar-refractivity contribution in [2.24, 2.45) is 17.3 Å². The Bertz CT molecular complexity index is 172. The Balaban J connectivity index is 2.30. The fraction of sp³-hybridized carbons (Fsp3) is 1.00. The molecule has 0 heterocycles. The summed E-state index contributed by atoms with van der Waals surface area (Å²) < 4.78 is 0. The summed E-state index contributed by atoms with van der Waals surface area (Å²) in [6.45, 7) is 9.15. The van der Waals surface area contributed by atoms with Crippen molar-refractivity contribution in [2.75, 3.05) is 0 Å². The van der Waals surface area contributed by atoms with Gasteiger partial charge in [0, 0.05) is 0 Å². The van der Waals surface area contributed by atoms with Crippen molar-refractivity contribution >= 4 is 0 Å². The van der Waals surface area contributed by atoms with E-state index in [0.29, 0.717) is 5.41 Å². The zero-order valence-electron chi connectivity index (χ0n) is 10.9. The molecule has 15 heavy (non-hydrogen) atoms. The van der Waals surface area contributed by atoms with Crippen molar-refractivity contribution in [1.29, 1.82) is 0 Å². The molecule has 90 valence electrons. The molecule has 0 bridgehead atoms. The molecular weight excluding hydrogens is 184 g/mol. The van der Waals surface area contributed by atoms with E-state index in [0.717, 1.165) is 24.7 Å². The van der Waals surface area contributed by atoms with Crippen LogP contribution in [-0.2, 0) is 0 Å². The van der Waals surface area contributed by atoms with Gasteiger partial charge in [0.1, 0.15) is 0 Å². The Morgan fingerprint density at radius 3 is 2.07 bits per heavy atom. The lowest BCUT2D eigenvalue weighted by Crippen LogP contribution is -2.27. The summed E-state index contributed by atoms with van der Waals surface area (Å²) in [6, 6.07) is 0. The Labute approximate surface area is 95.3 Å². The lowest BCUT2D eigenvalue weighted by Gasteiger charge is -2.37. The second kappa shape index (κ2) is 5.34. The Kier molecular flexibility index (Phi) is 4.64. The van der Waals surface area contributed by atoms with E-state index in [-0.39, 0.29) is 6.10 Å². The zero-order valence-corrected chi connectivity index (χ0v) is 10.9. The number of hydrogen-bond donors (Lipinski definition) is 1. The van der Waals surface area contributed by atoms with Gasteiger partial charge in [-0.1, -0.05) is 40.5 Å². The van der Waals surface area contributed by atoms with E-state index in [1.54, 1.807) is 0 Å². The van der Waals surface area contributed by atoms with Gasteiger partial charge in [-0.3, -0.25) is 0 Å². The normalized spacial score (nSPS) is 30.2. The zero-order chi connectivity index (χ0) is 11.5. The van der Waals surface area contributed by atoms with Crippen LogP contribution in [0.15, 0.2) is 0 Å². The van der Waals surface area contributed by atoms with E-state index in [2.05, 4.69) is 27.7 Å². The van der Waals surface area contributed by atoms with Crippen molar-refractivity contribution < 1.29 is 5.11 Å². The highest BCUT2D eigenvalue weighted by atomic mass is 16.3. The molecule has 0 aromatic heterocycles. The maximum atomic E-state index is 9.64. The molecule has 0 aromatic rings. The molecule has 0 aromatic carbocycles. The van der Waals surface area contributed by atoms with Crippen LogP contribution in [-0.4, -0.2) is 11.2 Å². The summed E-state index contributed by atoms with van der Waals surface area (Å²) in [7, 11) is 0. The topological polar surface area (TPSA) is 20.2 Å². The van der Waals surface area contributed by atoms with E-state index in [4.69, 9.17) is 0 Å². The smallest absolute Gasteiger partial charge is 0.0540 e. The molecule has 1 aliphatic rings. The largest absolute Gasteiger partial charge is 0.393 e. The van der Waals surface area contributed by atoms with Gasteiger partial charge in [-0.05, 0) is 42.9 Å². The summed E-state index contributed by atoms with van der Waals surface area (Å²) in [5, 5.41) is 9.64. The summed E-state index contributed by atoms with van der Waals surface area (Å²) in [5.41, 5.74) is 0.480. The molecular formula is C14H28O. The van der Waals surface area contributed by atoms with Crippen LogP contribution in [0.2, 0.25) is 0 Å². The number of hydrogen-bond acceptors (Lipinski definition) is 1. The lowest BCUT2D eigenvalue weighted by molar-refractivity contribution is 0.0970. The minimum Gasteiger partial charge on any atom is -0.393 e. The highest BCUT2D eigenvalue weighted by Gasteiger charge is 2.29. The summed E-state index contributed by atoms with van der Waals surface area (Å²) in [5.74, 6) is 1.69. The second-order valence-corrected chi connectivity index (χ2v) is 6.38. The molecule has 0 saturated heterocycles. The van der Waals surface area contributed by atoms with Crippen molar-refractivity contribution in [3.05, 3.63) is 0 Å². The van der Waals surface area contributed by atoms with Crippen LogP contribution >= 0.6 is 0 Å². The summed E-state index contributed by atoms with van der Waals surface area (Å²) in [6.07, 6.45) is 7.29. The third kappa shape index (κ3) is 4.14. The quantitative estimate of drug-likeness (QED) is 0.749. The second-order valence-electron chi connectivity index (χ2n) is 6.38. The monoisotopic (exact) mass is 212 g/mol. The minimum absolute atomic E-state index is 0.0545. The van der Waals surface area contributed by atoms with Crippen molar-refractivity contribution in [2.45, 2.75) is 72.3 Å². The third-order valence-electron chi connectivity index (χ3n) is 4.15. The average Bonchev–Trinajstić information content (AvgIpc) is 2.17. The first kappa shape index (κ1) is 13.0. The lowest BCUT2D eigenvalue weighted by atomic mass is 9.69. The standard InChI is InChI=1S/C14H28O/c1-5-13(15)10-11-6-8-12(9-7-11)14(2,3)4/h11-13,15H,5-10H2,1-4H3. The van der Waals surface area contributed by atoms with Gasteiger partial charge < -0.3 is 5.11 Å². The predicted octanol–water partition coefficient (Wildman–Crippen LogP) is 4.00. The first-order valence-electron chi connectivity index (χ1n) is 6.61. The van der Waals surface area contributed by atoms with Crippen LogP contribution in [0.4, 0.5) is 0 Å². The Hall–Kier alpha value is -0.0400. The van der Waals surface area contributed by atoms with E-state index in [9.17, 15) is 5.11 Å². The van der Waals surface area contributed by atoms with Gasteiger partial charge in [-0.25, -0.2) is 0 Å². The minimum atomic E-state index is -0.0545. The molecule has 0 radical (unpaired) electrons. The molecule has 1 saturated carbocycles. The molecule has 1 fully saturated rings. The third-order valence-corrected chi connectivity index (χ3v) is 4.15. The molecule has 0 spiro atoms. The summed E-state index contributed by atoms with van der Waals surface area (Å²) >= 11 is 0. The van der Waals surface area contributed by atoms with E-state index >= 15 is 0 Å². The van der Waals surface area contributed by atoms with Gasteiger partial charge in [0.25, 0.3) is 0 Å². The van der Waals surface area contributed by atoms with Crippen LogP contribution < -0.4 is 0 Å². The van der Waals surface area contributed by atoms with Crippen molar-refractivity contribution in [1.82, 2.24) is 0 Å². The molecule has 0 aliphatic heterocycles. The van der Waals surface area contributed by atoms with E-state index in [1.165, 1.54) is 25.7 Å². The average molecular weight is 212 g/mol. The molecule has 1 rings (SSSR count). The molecule has 1 unspecified atom stereocenters. The fourth-order valence-electron chi connectivity index (χ4n) is 2.82. The predicted molar refractivity (Wildman–Crippen MR) is 65.8 cm³/mol. The highest BCUT2D eigenvalue weighted by Crippen LogP contribution is 2.40. The van der Waals surface area contributed by atoms with Gasteiger partial charge in [0.15, 0.2) is 0 Å². The maximum Gasteiger partial charge on any atom is 0.0540 e. The van der Waals surface area contributed by atoms with Gasteiger partial charge in [-0.2, -0.15) is 0 Å². The maximum absolute atomic E-state index is 9.64. The van der Waals surface area contributed by atoms with E-state index in [1.807, 2.05) is 0 Å². The number of rotatable bonds is 3. The van der Waals surface area contributed by atoms with Crippen LogP contribution in [0, 0.1) is 17.3 Å². The molecule has 0 amide bonds.